The quantitative estimate of drug-likeness (QED) is 0.382. The minimum atomic E-state index is -0.866. The third kappa shape index (κ3) is 4.80. The van der Waals surface area contributed by atoms with E-state index in [9.17, 15) is 8.78 Å². The molecule has 0 saturated heterocycles. The smallest absolute Gasteiger partial charge is 0.201 e. The van der Waals surface area contributed by atoms with Gasteiger partial charge in [0.1, 0.15) is 0 Å². The van der Waals surface area contributed by atoms with Crippen LogP contribution in [0.15, 0.2) is 36.6 Å². The van der Waals surface area contributed by atoms with Crippen LogP contribution in [0.4, 0.5) is 8.78 Å². The molecule has 2 saturated carbocycles. The van der Waals surface area contributed by atoms with Gasteiger partial charge in [0.2, 0.25) is 5.82 Å². The van der Waals surface area contributed by atoms with Crippen molar-refractivity contribution in [1.29, 1.82) is 0 Å². The molecule has 148 valence electrons. The predicted octanol–water partition coefficient (Wildman–Crippen LogP) is 7.53. The lowest BCUT2D eigenvalue weighted by atomic mass is 9.68. The van der Waals surface area contributed by atoms with Gasteiger partial charge in [0.15, 0.2) is 11.6 Å². The maximum Gasteiger partial charge on any atom is 0.201 e. The number of hydrogen-bond acceptors (Lipinski definition) is 1. The van der Waals surface area contributed by atoms with E-state index in [1.165, 1.54) is 31.9 Å². The first-order chi connectivity index (χ1) is 13.1. The molecule has 1 nitrogen and oxygen atoms in total. The first kappa shape index (κ1) is 20.1. The zero-order chi connectivity index (χ0) is 19.2. The standard InChI is InChI=1S/C24H32F2O/c1-3-5-17-6-8-18(9-7-17)19-10-12-20(13-11-19)21-14-15-22(27-16-4-2)24(26)23(21)25/h3-5,14-20H,6-13H2,1-2H3/b5-3+,16-4+. The fourth-order valence-electron chi connectivity index (χ4n) is 5.08. The molecule has 1 aromatic carbocycles. The number of ether oxygens (including phenoxy) is 1. The van der Waals surface area contributed by atoms with E-state index < -0.39 is 11.6 Å². The predicted molar refractivity (Wildman–Crippen MR) is 107 cm³/mol. The van der Waals surface area contributed by atoms with Crippen LogP contribution in [0.2, 0.25) is 0 Å². The first-order valence-corrected chi connectivity index (χ1v) is 10.5. The normalized spacial score (nSPS) is 29.5. The minimum absolute atomic E-state index is 0.0408. The van der Waals surface area contributed by atoms with Crippen molar-refractivity contribution in [2.45, 2.75) is 71.1 Å². The van der Waals surface area contributed by atoms with E-state index in [0.29, 0.717) is 5.56 Å². The Kier molecular flexibility index (Phi) is 7.09. The van der Waals surface area contributed by atoms with Crippen molar-refractivity contribution >= 4 is 0 Å². The van der Waals surface area contributed by atoms with Crippen LogP contribution in [0, 0.1) is 29.4 Å². The molecule has 0 aliphatic heterocycles. The minimum Gasteiger partial charge on any atom is -0.462 e. The monoisotopic (exact) mass is 374 g/mol. The number of benzene rings is 1. The highest BCUT2D eigenvalue weighted by atomic mass is 19.2. The molecule has 0 aromatic heterocycles. The Balaban J connectivity index is 1.57. The first-order valence-electron chi connectivity index (χ1n) is 10.5. The van der Waals surface area contributed by atoms with Gasteiger partial charge in [0.25, 0.3) is 0 Å². The van der Waals surface area contributed by atoms with Gasteiger partial charge in [0.05, 0.1) is 6.26 Å². The van der Waals surface area contributed by atoms with Crippen LogP contribution >= 0.6 is 0 Å². The zero-order valence-electron chi connectivity index (χ0n) is 16.6. The van der Waals surface area contributed by atoms with Gasteiger partial charge in [-0.2, -0.15) is 4.39 Å². The van der Waals surface area contributed by atoms with Gasteiger partial charge in [-0.3, -0.25) is 0 Å². The highest BCUT2D eigenvalue weighted by Gasteiger charge is 2.32. The lowest BCUT2D eigenvalue weighted by Crippen LogP contribution is -2.25. The van der Waals surface area contributed by atoms with Crippen molar-refractivity contribution in [3.05, 3.63) is 53.8 Å². The highest BCUT2D eigenvalue weighted by molar-refractivity contribution is 5.33. The molecule has 0 N–H and O–H groups in total. The van der Waals surface area contributed by atoms with Crippen molar-refractivity contribution in [1.82, 2.24) is 0 Å². The molecular formula is C24H32F2O. The summed E-state index contributed by atoms with van der Waals surface area (Å²) in [4.78, 5) is 0. The molecule has 0 spiro atoms. The summed E-state index contributed by atoms with van der Waals surface area (Å²) in [6.45, 7) is 3.88. The molecule has 2 fully saturated rings. The number of rotatable bonds is 5. The van der Waals surface area contributed by atoms with Crippen molar-refractivity contribution in [3.8, 4) is 5.75 Å². The van der Waals surface area contributed by atoms with Crippen LogP contribution in [0.25, 0.3) is 0 Å². The van der Waals surface area contributed by atoms with E-state index >= 15 is 0 Å². The lowest BCUT2D eigenvalue weighted by Gasteiger charge is -2.37. The molecular weight excluding hydrogens is 342 g/mol. The van der Waals surface area contributed by atoms with Crippen molar-refractivity contribution < 1.29 is 13.5 Å². The molecule has 2 aliphatic rings. The summed E-state index contributed by atoms with van der Waals surface area (Å²) in [6.07, 6.45) is 17.0. The van der Waals surface area contributed by atoms with Crippen LogP contribution in [-0.4, -0.2) is 0 Å². The topological polar surface area (TPSA) is 9.23 Å². The lowest BCUT2D eigenvalue weighted by molar-refractivity contribution is 0.170. The number of halogens is 2. The van der Waals surface area contributed by atoms with Gasteiger partial charge in [-0.15, -0.1) is 0 Å². The maximum atomic E-state index is 14.6. The summed E-state index contributed by atoms with van der Waals surface area (Å²) in [6, 6.07) is 3.27. The molecule has 0 radical (unpaired) electrons. The Bertz CT molecular complexity index is 663. The van der Waals surface area contributed by atoms with E-state index in [4.69, 9.17) is 4.74 Å². The molecule has 1 aromatic rings. The summed E-state index contributed by atoms with van der Waals surface area (Å²) in [7, 11) is 0. The average molecular weight is 375 g/mol. The summed E-state index contributed by atoms with van der Waals surface area (Å²) in [5.74, 6) is 0.848. The zero-order valence-corrected chi connectivity index (χ0v) is 16.6. The van der Waals surface area contributed by atoms with Crippen LogP contribution < -0.4 is 4.74 Å². The number of hydrogen-bond donors (Lipinski definition) is 0. The molecule has 0 atom stereocenters. The molecule has 3 rings (SSSR count). The van der Waals surface area contributed by atoms with E-state index in [2.05, 4.69) is 19.1 Å². The summed E-state index contributed by atoms with van der Waals surface area (Å²) in [5, 5.41) is 0. The van der Waals surface area contributed by atoms with Gasteiger partial charge in [-0.25, -0.2) is 4.39 Å². The molecule has 27 heavy (non-hydrogen) atoms. The van der Waals surface area contributed by atoms with Crippen LogP contribution in [0.3, 0.4) is 0 Å². The SMILES string of the molecule is C/C=C/Oc1ccc(C2CCC(C3CCC(/C=C/C)CC3)CC2)c(F)c1F. The largest absolute Gasteiger partial charge is 0.462 e. The molecule has 2 aliphatic carbocycles. The van der Waals surface area contributed by atoms with Gasteiger partial charge in [-0.1, -0.05) is 24.3 Å². The van der Waals surface area contributed by atoms with Gasteiger partial charge < -0.3 is 4.74 Å². The second-order valence-corrected chi connectivity index (χ2v) is 8.18. The van der Waals surface area contributed by atoms with Crippen LogP contribution in [-0.2, 0) is 0 Å². The van der Waals surface area contributed by atoms with Crippen LogP contribution in [0.5, 0.6) is 5.75 Å². The van der Waals surface area contributed by atoms with Gasteiger partial charge >= 0.3 is 0 Å². The molecule has 0 heterocycles. The Morgan fingerprint density at radius 3 is 2.04 bits per heavy atom. The molecule has 0 unspecified atom stereocenters. The van der Waals surface area contributed by atoms with E-state index in [1.807, 2.05) is 0 Å². The number of allylic oxidation sites excluding steroid dienone is 3. The van der Waals surface area contributed by atoms with E-state index in [-0.39, 0.29) is 11.7 Å². The highest BCUT2D eigenvalue weighted by Crippen LogP contribution is 2.45. The van der Waals surface area contributed by atoms with E-state index in [0.717, 1.165) is 43.4 Å². The fourth-order valence-corrected chi connectivity index (χ4v) is 5.08. The van der Waals surface area contributed by atoms with E-state index in [1.54, 1.807) is 25.1 Å². The molecule has 0 amide bonds. The summed E-state index contributed by atoms with van der Waals surface area (Å²) in [5.41, 5.74) is 0.524. The third-order valence-electron chi connectivity index (χ3n) is 6.57. The second kappa shape index (κ2) is 9.52. The third-order valence-corrected chi connectivity index (χ3v) is 6.57. The summed E-state index contributed by atoms with van der Waals surface area (Å²) < 4.78 is 34.0. The Morgan fingerprint density at radius 2 is 1.44 bits per heavy atom. The fraction of sp³-hybridized carbons (Fsp3) is 0.583. The maximum absolute atomic E-state index is 14.6. The van der Waals surface area contributed by atoms with Gasteiger partial charge in [0, 0.05) is 0 Å². The molecule has 0 bridgehead atoms. The second-order valence-electron chi connectivity index (χ2n) is 8.18. The van der Waals surface area contributed by atoms with Crippen molar-refractivity contribution in [2.75, 3.05) is 0 Å². The molecule has 3 heteroatoms. The van der Waals surface area contributed by atoms with Crippen LogP contribution in [0.1, 0.15) is 76.7 Å². The van der Waals surface area contributed by atoms with Crippen molar-refractivity contribution in [2.24, 2.45) is 17.8 Å². The van der Waals surface area contributed by atoms with Gasteiger partial charge in [-0.05, 0) is 101 Å². The summed E-state index contributed by atoms with van der Waals surface area (Å²) >= 11 is 0. The Labute approximate surface area is 162 Å². The van der Waals surface area contributed by atoms with Crippen molar-refractivity contribution in [3.63, 3.8) is 0 Å². The average Bonchev–Trinajstić information content (AvgIpc) is 2.70. The Morgan fingerprint density at radius 1 is 0.815 bits per heavy atom. The Hall–Kier alpha value is -1.64.